The number of nitrogens with one attached hydrogen (secondary N) is 2. The zero-order valence-electron chi connectivity index (χ0n) is 18.2. The van der Waals surface area contributed by atoms with Gasteiger partial charge in [0.15, 0.2) is 5.82 Å². The highest BCUT2D eigenvalue weighted by atomic mass is 16.5. The Labute approximate surface area is 188 Å². The van der Waals surface area contributed by atoms with Gasteiger partial charge >= 0.3 is 0 Å². The first kappa shape index (κ1) is 21.6. The van der Waals surface area contributed by atoms with Crippen LogP contribution in [0.15, 0.2) is 65.9 Å². The van der Waals surface area contributed by atoms with E-state index in [1.165, 1.54) is 5.56 Å². The molecule has 8 heteroatoms. The number of nitrogens with zero attached hydrogens (tertiary/aromatic N) is 4. The smallest absolute Gasteiger partial charge is 0.217 e. The number of hydrazone groups is 1. The van der Waals surface area contributed by atoms with Gasteiger partial charge in [-0.15, -0.1) is 0 Å². The first-order valence-electron chi connectivity index (χ1n) is 10.7. The van der Waals surface area contributed by atoms with Gasteiger partial charge in [0.2, 0.25) is 5.88 Å². The Hall–Kier alpha value is -3.65. The van der Waals surface area contributed by atoms with Gasteiger partial charge in [-0.25, -0.2) is 4.98 Å². The summed E-state index contributed by atoms with van der Waals surface area (Å²) in [6, 6.07) is 17.9. The van der Waals surface area contributed by atoms with Gasteiger partial charge in [0.1, 0.15) is 12.4 Å². The van der Waals surface area contributed by atoms with Crippen LogP contribution in [-0.4, -0.2) is 55.6 Å². The molecule has 8 nitrogen and oxygen atoms in total. The average molecular weight is 433 g/mol. The van der Waals surface area contributed by atoms with Crippen LogP contribution in [0.2, 0.25) is 0 Å². The second kappa shape index (κ2) is 11.1. The van der Waals surface area contributed by atoms with E-state index >= 15 is 0 Å². The van der Waals surface area contributed by atoms with Crippen LogP contribution in [0.1, 0.15) is 11.1 Å². The van der Waals surface area contributed by atoms with E-state index in [0.717, 1.165) is 30.2 Å². The molecular formula is C24H28N6O2. The lowest BCUT2D eigenvalue weighted by molar-refractivity contribution is 0.122. The van der Waals surface area contributed by atoms with E-state index < -0.39 is 0 Å². The Kier molecular flexibility index (Phi) is 7.49. The van der Waals surface area contributed by atoms with Gasteiger partial charge in [-0.1, -0.05) is 35.9 Å². The third-order valence-electron chi connectivity index (χ3n) is 4.92. The zero-order chi connectivity index (χ0) is 22.0. The number of aryl methyl sites for hydroxylation is 1. The standard InChI is InChI=1S/C24H28N6O2/c1-19-5-4-6-20(15-19)18-27-29-23-16-21(30-10-13-31-14-11-30)17-24(28-23)32-12-9-26-22-7-2-3-8-25-22/h2-8,15-18H,9-14H2,1H3,(H,25,26)(H,28,29)/b27-18+. The summed E-state index contributed by atoms with van der Waals surface area (Å²) in [4.78, 5) is 11.1. The van der Waals surface area contributed by atoms with E-state index in [4.69, 9.17) is 9.47 Å². The second-order valence-electron chi connectivity index (χ2n) is 7.42. The number of hydrogen-bond acceptors (Lipinski definition) is 8. The van der Waals surface area contributed by atoms with Crippen molar-refractivity contribution in [3.8, 4) is 5.88 Å². The molecule has 1 aromatic carbocycles. The van der Waals surface area contributed by atoms with Crippen molar-refractivity contribution in [2.24, 2.45) is 5.10 Å². The summed E-state index contributed by atoms with van der Waals surface area (Å²) in [6.07, 6.45) is 3.54. The number of hydrogen-bond donors (Lipinski definition) is 2. The quantitative estimate of drug-likeness (QED) is 0.304. The molecule has 32 heavy (non-hydrogen) atoms. The Balaban J connectivity index is 1.42. The summed E-state index contributed by atoms with van der Waals surface area (Å²) in [5.41, 5.74) is 6.29. The van der Waals surface area contributed by atoms with Gasteiger partial charge in [-0.3, -0.25) is 5.43 Å². The monoisotopic (exact) mass is 432 g/mol. The predicted octanol–water partition coefficient (Wildman–Crippen LogP) is 3.56. The minimum absolute atomic E-state index is 0.460. The molecule has 0 amide bonds. The van der Waals surface area contributed by atoms with E-state index in [-0.39, 0.29) is 0 Å². The lowest BCUT2D eigenvalue weighted by atomic mass is 10.2. The Morgan fingerprint density at radius 2 is 2.00 bits per heavy atom. The normalized spacial score (nSPS) is 13.8. The van der Waals surface area contributed by atoms with Crippen molar-refractivity contribution >= 4 is 23.5 Å². The van der Waals surface area contributed by atoms with Crippen molar-refractivity contribution in [2.75, 3.05) is 55.1 Å². The summed E-state index contributed by atoms with van der Waals surface area (Å²) in [5, 5.41) is 7.59. The molecular weight excluding hydrogens is 404 g/mol. The summed E-state index contributed by atoms with van der Waals surface area (Å²) >= 11 is 0. The van der Waals surface area contributed by atoms with Crippen molar-refractivity contribution < 1.29 is 9.47 Å². The minimum atomic E-state index is 0.460. The molecule has 0 saturated carbocycles. The minimum Gasteiger partial charge on any atom is -0.476 e. The van der Waals surface area contributed by atoms with Crippen LogP contribution < -0.4 is 20.4 Å². The molecule has 166 valence electrons. The molecule has 0 spiro atoms. The van der Waals surface area contributed by atoms with Crippen LogP contribution in [0.25, 0.3) is 0 Å². The molecule has 1 aliphatic heterocycles. The Bertz CT molecular complexity index is 1020. The van der Waals surface area contributed by atoms with Gasteiger partial charge in [0, 0.05) is 37.1 Å². The van der Waals surface area contributed by atoms with Crippen molar-refractivity contribution in [2.45, 2.75) is 6.92 Å². The molecule has 3 aromatic rings. The lowest BCUT2D eigenvalue weighted by Gasteiger charge is -2.29. The molecule has 0 aliphatic carbocycles. The molecule has 0 bridgehead atoms. The maximum Gasteiger partial charge on any atom is 0.217 e. The largest absolute Gasteiger partial charge is 0.476 e. The van der Waals surface area contributed by atoms with Crippen LogP contribution in [0, 0.1) is 6.92 Å². The highest BCUT2D eigenvalue weighted by molar-refractivity contribution is 5.80. The van der Waals surface area contributed by atoms with Crippen LogP contribution in [0.5, 0.6) is 5.88 Å². The first-order valence-corrected chi connectivity index (χ1v) is 10.7. The zero-order valence-corrected chi connectivity index (χ0v) is 18.2. The fourth-order valence-electron chi connectivity index (χ4n) is 3.35. The molecule has 1 saturated heterocycles. The average Bonchev–Trinajstić information content (AvgIpc) is 2.83. The van der Waals surface area contributed by atoms with E-state index in [1.807, 2.05) is 42.5 Å². The summed E-state index contributed by atoms with van der Waals surface area (Å²) in [5.74, 6) is 2.00. The van der Waals surface area contributed by atoms with E-state index in [1.54, 1.807) is 12.4 Å². The summed E-state index contributed by atoms with van der Waals surface area (Å²) in [7, 11) is 0. The highest BCUT2D eigenvalue weighted by Crippen LogP contribution is 2.25. The number of morpholine rings is 1. The number of rotatable bonds is 9. The lowest BCUT2D eigenvalue weighted by Crippen LogP contribution is -2.36. The van der Waals surface area contributed by atoms with Gasteiger partial charge in [-0.2, -0.15) is 10.1 Å². The van der Waals surface area contributed by atoms with Gasteiger partial charge in [0.25, 0.3) is 0 Å². The van der Waals surface area contributed by atoms with Gasteiger partial charge in [-0.05, 0) is 24.6 Å². The van der Waals surface area contributed by atoms with Crippen LogP contribution >= 0.6 is 0 Å². The number of ether oxygens (including phenoxy) is 2. The van der Waals surface area contributed by atoms with E-state index in [2.05, 4.69) is 49.8 Å². The van der Waals surface area contributed by atoms with Crippen molar-refractivity contribution in [3.63, 3.8) is 0 Å². The van der Waals surface area contributed by atoms with Crippen LogP contribution in [-0.2, 0) is 4.74 Å². The molecule has 0 unspecified atom stereocenters. The molecule has 3 heterocycles. The second-order valence-corrected chi connectivity index (χ2v) is 7.42. The van der Waals surface area contributed by atoms with E-state index in [9.17, 15) is 0 Å². The Morgan fingerprint density at radius 3 is 2.81 bits per heavy atom. The molecule has 0 atom stereocenters. The topological polar surface area (TPSA) is 83.9 Å². The molecule has 1 fully saturated rings. The molecule has 1 aliphatic rings. The third-order valence-corrected chi connectivity index (χ3v) is 4.92. The maximum absolute atomic E-state index is 5.93. The Morgan fingerprint density at radius 1 is 1.09 bits per heavy atom. The van der Waals surface area contributed by atoms with Crippen LogP contribution in [0.3, 0.4) is 0 Å². The van der Waals surface area contributed by atoms with Gasteiger partial charge in [0.05, 0.1) is 26.0 Å². The maximum atomic E-state index is 5.93. The highest BCUT2D eigenvalue weighted by Gasteiger charge is 2.14. The number of benzene rings is 1. The number of anilines is 3. The van der Waals surface area contributed by atoms with E-state index in [0.29, 0.717) is 38.1 Å². The predicted molar refractivity (Wildman–Crippen MR) is 128 cm³/mol. The third kappa shape index (κ3) is 6.42. The van der Waals surface area contributed by atoms with Crippen LogP contribution in [0.4, 0.5) is 17.3 Å². The van der Waals surface area contributed by atoms with Crippen molar-refractivity contribution in [1.29, 1.82) is 0 Å². The molecule has 0 radical (unpaired) electrons. The summed E-state index contributed by atoms with van der Waals surface area (Å²) < 4.78 is 11.4. The van der Waals surface area contributed by atoms with Crippen molar-refractivity contribution in [1.82, 2.24) is 9.97 Å². The fraction of sp³-hybridized carbons (Fsp3) is 0.292. The molecule has 4 rings (SSSR count). The summed E-state index contributed by atoms with van der Waals surface area (Å²) in [6.45, 7) is 6.22. The number of aromatic nitrogens is 2. The molecule has 2 aromatic heterocycles. The SMILES string of the molecule is Cc1cccc(/C=N/Nc2cc(N3CCOCC3)cc(OCCNc3ccccn3)n2)c1. The van der Waals surface area contributed by atoms with Crippen molar-refractivity contribution in [3.05, 3.63) is 71.9 Å². The fourth-order valence-corrected chi connectivity index (χ4v) is 3.35. The van der Waals surface area contributed by atoms with Gasteiger partial charge < -0.3 is 19.7 Å². The first-order chi connectivity index (χ1) is 15.8. The molecule has 2 N–H and O–H groups in total. The number of pyridine rings is 2.